The topological polar surface area (TPSA) is 186 Å². The summed E-state index contributed by atoms with van der Waals surface area (Å²) in [5.74, 6) is -5.22. The van der Waals surface area contributed by atoms with Crippen LogP contribution in [-0.4, -0.2) is 111 Å². The first-order chi connectivity index (χ1) is 28.8. The number of carbonyl (C=O) groups is 4. The maximum atomic E-state index is 16.0. The summed E-state index contributed by atoms with van der Waals surface area (Å²) in [6.45, 7) is 9.79. The van der Waals surface area contributed by atoms with Crippen LogP contribution in [0.2, 0.25) is 19.1 Å². The van der Waals surface area contributed by atoms with Gasteiger partial charge < -0.3 is 40.2 Å². The van der Waals surface area contributed by atoms with E-state index in [9.17, 15) is 33.1 Å². The zero-order chi connectivity index (χ0) is 44.1. The number of aliphatic hydroxyl groups is 1. The number of methoxy groups -OCH3 is 1. The number of alkyl halides is 2. The van der Waals surface area contributed by atoms with Gasteiger partial charge in [0.25, 0.3) is 5.92 Å². The molecule has 324 valence electrons. The second-order valence-corrected chi connectivity index (χ2v) is 22.6. The number of amides is 4. The van der Waals surface area contributed by atoms with E-state index in [0.29, 0.717) is 50.8 Å². The Kier molecular flexibility index (Phi) is 11.8. The molecule has 2 saturated heterocycles. The molecule has 0 spiro atoms. The van der Waals surface area contributed by atoms with E-state index in [-0.39, 0.29) is 23.7 Å². The van der Waals surface area contributed by atoms with Gasteiger partial charge in [-0.15, -0.1) is 0 Å². The number of rotatable bonds is 11. The molecule has 4 atom stereocenters. The van der Waals surface area contributed by atoms with Crippen molar-refractivity contribution in [2.45, 2.75) is 83.3 Å². The molecule has 2 aliphatic heterocycles. The van der Waals surface area contributed by atoms with Crippen molar-refractivity contribution in [3.8, 4) is 22.4 Å². The van der Waals surface area contributed by atoms with Crippen molar-refractivity contribution in [3.63, 3.8) is 0 Å². The number of nitrogens with zero attached hydrogens (tertiary/aromatic N) is 4. The zero-order valence-corrected chi connectivity index (χ0v) is 36.1. The minimum atomic E-state index is -3.20. The van der Waals surface area contributed by atoms with E-state index in [4.69, 9.17) is 9.72 Å². The number of aromatic amines is 2. The molecule has 0 aliphatic carbocycles. The highest BCUT2D eigenvalue weighted by Crippen LogP contribution is 2.42. The van der Waals surface area contributed by atoms with Crippen molar-refractivity contribution in [2.24, 2.45) is 11.8 Å². The fraction of sp³-hybridized carbons (Fsp3) is 0.442. The van der Waals surface area contributed by atoms with Crippen LogP contribution in [0.15, 0.2) is 54.7 Å². The molecule has 2 aliphatic rings. The molecule has 5 N–H and O–H groups in total. The molecular formula is C43H51F3N8O6Si. The molecule has 61 heavy (non-hydrogen) atoms. The monoisotopic (exact) mass is 860 g/mol. The Labute approximate surface area is 351 Å². The van der Waals surface area contributed by atoms with Crippen molar-refractivity contribution >= 4 is 53.7 Å². The van der Waals surface area contributed by atoms with E-state index in [1.54, 1.807) is 55.3 Å². The normalized spacial score (nSPS) is 19.5. The number of carbonyl (C=O) groups excluding carboxylic acids is 4. The van der Waals surface area contributed by atoms with Gasteiger partial charge in [-0.3, -0.25) is 14.4 Å². The maximum Gasteiger partial charge on any atom is 0.407 e. The highest BCUT2D eigenvalue weighted by atomic mass is 28.3. The number of nitrogens with one attached hydrogen (secondary N) is 4. The lowest BCUT2D eigenvalue weighted by Gasteiger charge is -2.30. The number of halogens is 3. The van der Waals surface area contributed by atoms with Crippen molar-refractivity contribution in [3.05, 3.63) is 72.2 Å². The minimum Gasteiger partial charge on any atom is -0.453 e. The Bertz CT molecular complexity index is 2510. The van der Waals surface area contributed by atoms with Gasteiger partial charge in [-0.2, -0.15) is 0 Å². The van der Waals surface area contributed by atoms with Crippen LogP contribution in [0, 0.1) is 17.7 Å². The fourth-order valence-corrected chi connectivity index (χ4v) is 11.4. The summed E-state index contributed by atoms with van der Waals surface area (Å²) in [7, 11) is -0.599. The first kappa shape index (κ1) is 43.3. The number of imidazole rings is 2. The van der Waals surface area contributed by atoms with Crippen LogP contribution in [-0.2, 0) is 19.1 Å². The summed E-state index contributed by atoms with van der Waals surface area (Å²) in [5, 5.41) is 15.8. The van der Waals surface area contributed by atoms with Gasteiger partial charge in [0.05, 0.1) is 56.7 Å². The van der Waals surface area contributed by atoms with Crippen LogP contribution >= 0.6 is 0 Å². The molecule has 18 heteroatoms. The fourth-order valence-electron chi connectivity index (χ4n) is 8.54. The molecule has 3 aromatic carbocycles. The maximum absolute atomic E-state index is 16.0. The first-order valence-electron chi connectivity index (χ1n) is 20.3. The number of H-pyrrole nitrogens is 2. The molecule has 2 fully saturated rings. The zero-order valence-electron chi connectivity index (χ0n) is 35.1. The highest BCUT2D eigenvalue weighted by Gasteiger charge is 2.50. The number of aromatic nitrogens is 4. The summed E-state index contributed by atoms with van der Waals surface area (Å²) in [5.41, 5.74) is 3.15. The summed E-state index contributed by atoms with van der Waals surface area (Å²) in [6.07, 6.45) is 0.877. The van der Waals surface area contributed by atoms with Gasteiger partial charge in [-0.25, -0.2) is 27.9 Å². The summed E-state index contributed by atoms with van der Waals surface area (Å²) in [4.78, 5) is 70.2. The first-order valence-corrected chi connectivity index (χ1v) is 23.7. The van der Waals surface area contributed by atoms with Crippen molar-refractivity contribution in [1.29, 1.82) is 0 Å². The van der Waals surface area contributed by atoms with E-state index < -0.39 is 81.3 Å². The third-order valence-electron chi connectivity index (χ3n) is 11.6. The standard InChI is InChI=1S/C43H51F3N8O6Si/c1-22(2)35(50-34(56)18-55)40(57)53-20-43(45,46)16-32(53)39-48-30-13-10-25-14-24(8-12-28(25)37(30)51-39)27-11-9-26(15-29(27)44)31-17-47-38(49-31)33-19-61(6,7)21-54(33)41(58)36(23(3)4)52-42(59)60-5/h8-15,17,22-23,32-33,35-36,55H,16,18-21H2,1-7H3,(H,47,49)(H,48,51)(H,50,56)(H,52,59)/t32-,33-,35-,36-/m0/s1. The summed E-state index contributed by atoms with van der Waals surface area (Å²) in [6, 6.07) is 11.3. The van der Waals surface area contributed by atoms with Gasteiger partial charge in [-0.1, -0.05) is 71.1 Å². The molecule has 0 unspecified atom stereocenters. The number of ether oxygens (including phenoxy) is 1. The number of benzene rings is 3. The Morgan fingerprint density at radius 3 is 2.28 bits per heavy atom. The molecule has 0 bridgehead atoms. The molecule has 7 rings (SSSR count). The lowest BCUT2D eigenvalue weighted by atomic mass is 9.98. The van der Waals surface area contributed by atoms with Crippen molar-refractivity contribution in [1.82, 2.24) is 40.4 Å². The van der Waals surface area contributed by atoms with Crippen LogP contribution in [0.25, 0.3) is 44.2 Å². The Balaban J connectivity index is 1.13. The second-order valence-electron chi connectivity index (χ2n) is 17.6. The molecule has 4 heterocycles. The number of likely N-dealkylation sites (tertiary alicyclic amines) is 1. The van der Waals surface area contributed by atoms with Gasteiger partial charge in [0, 0.05) is 29.1 Å². The van der Waals surface area contributed by atoms with Crippen LogP contribution < -0.4 is 10.6 Å². The van der Waals surface area contributed by atoms with E-state index >= 15 is 4.39 Å². The molecule has 4 amide bonds. The Morgan fingerprint density at radius 2 is 1.61 bits per heavy atom. The van der Waals surface area contributed by atoms with Gasteiger partial charge >= 0.3 is 6.09 Å². The predicted octanol–water partition coefficient (Wildman–Crippen LogP) is 6.47. The van der Waals surface area contributed by atoms with E-state index in [2.05, 4.69) is 38.7 Å². The number of fused-ring (bicyclic) bond motifs is 3. The second kappa shape index (κ2) is 16.6. The number of aliphatic hydroxyl groups excluding tert-OH is 1. The Hall–Kier alpha value is -5.75. The van der Waals surface area contributed by atoms with Crippen LogP contribution in [0.1, 0.15) is 57.8 Å². The lowest BCUT2D eigenvalue weighted by molar-refractivity contribution is -0.140. The third kappa shape index (κ3) is 8.73. The quantitative estimate of drug-likeness (QED) is 0.0937. The molecule has 2 aromatic heterocycles. The SMILES string of the molecule is COC(=O)N[C@H](C(=O)N1C[Si](C)(C)C[C@H]1c1ncc(-c2ccc(-c3ccc4c(ccc5[nH]c([C@@H]6CC(F)(F)CN6C(=O)[C@@H](NC(=O)CO)C(C)C)nc54)c3)c(F)c2)[nH]1)C(C)C. The molecule has 14 nitrogen and oxygen atoms in total. The van der Waals surface area contributed by atoms with Gasteiger partial charge in [-0.05, 0) is 47.0 Å². The van der Waals surface area contributed by atoms with E-state index in [1.165, 1.54) is 13.2 Å². The third-order valence-corrected chi connectivity index (χ3v) is 14.3. The number of hydrogen-bond acceptors (Lipinski definition) is 8. The van der Waals surface area contributed by atoms with Crippen LogP contribution in [0.5, 0.6) is 0 Å². The molecule has 0 saturated carbocycles. The molecule has 0 radical (unpaired) electrons. The predicted molar refractivity (Wildman–Crippen MR) is 225 cm³/mol. The number of alkyl carbamates (subject to hydrolysis) is 1. The van der Waals surface area contributed by atoms with Gasteiger partial charge in [0.15, 0.2) is 0 Å². The number of hydrogen-bond donors (Lipinski definition) is 5. The summed E-state index contributed by atoms with van der Waals surface area (Å²) < 4.78 is 50.7. The Morgan fingerprint density at radius 1 is 0.918 bits per heavy atom. The average Bonchev–Trinajstić information content (AvgIpc) is 4.01. The smallest absolute Gasteiger partial charge is 0.407 e. The molecular weight excluding hydrogens is 810 g/mol. The van der Waals surface area contributed by atoms with Crippen molar-refractivity contribution in [2.75, 3.05) is 26.4 Å². The van der Waals surface area contributed by atoms with E-state index in [1.807, 2.05) is 26.0 Å². The largest absolute Gasteiger partial charge is 0.453 e. The summed E-state index contributed by atoms with van der Waals surface area (Å²) >= 11 is 0. The van der Waals surface area contributed by atoms with Crippen LogP contribution in [0.3, 0.4) is 0 Å². The highest BCUT2D eigenvalue weighted by molar-refractivity contribution is 6.78. The van der Waals surface area contributed by atoms with E-state index in [0.717, 1.165) is 16.3 Å². The minimum absolute atomic E-state index is 0.171. The average molecular weight is 861 g/mol. The van der Waals surface area contributed by atoms with Crippen LogP contribution in [0.4, 0.5) is 18.0 Å². The lowest BCUT2D eigenvalue weighted by Crippen LogP contribution is -2.52. The van der Waals surface area contributed by atoms with Gasteiger partial charge in [0.1, 0.15) is 36.2 Å². The van der Waals surface area contributed by atoms with Crippen molar-refractivity contribution < 1.29 is 42.2 Å². The molecule has 5 aromatic rings. The van der Waals surface area contributed by atoms with Gasteiger partial charge in [0.2, 0.25) is 17.7 Å².